The third-order valence-corrected chi connectivity index (χ3v) is 5.43. The van der Waals surface area contributed by atoms with Crippen molar-refractivity contribution in [1.29, 1.82) is 0 Å². The van der Waals surface area contributed by atoms with Crippen LogP contribution in [-0.2, 0) is 4.79 Å². The maximum absolute atomic E-state index is 13.3. The number of amides is 2. The van der Waals surface area contributed by atoms with E-state index in [1.165, 1.54) is 23.5 Å². The number of nitrogens with zero attached hydrogens (tertiary/aromatic N) is 2. The van der Waals surface area contributed by atoms with E-state index >= 15 is 0 Å². The highest BCUT2D eigenvalue weighted by atomic mass is 32.1. The SMILES string of the molecule is CC(C(=O)Nc1cccc(F)c1)N1CCCN(C(=O)c2cccs2)CC1. The molecule has 1 aliphatic heterocycles. The van der Waals surface area contributed by atoms with Gasteiger partial charge in [-0.05, 0) is 43.0 Å². The van der Waals surface area contributed by atoms with Crippen molar-refractivity contribution in [1.82, 2.24) is 9.80 Å². The third-order valence-electron chi connectivity index (χ3n) is 4.57. The molecule has 0 aliphatic carbocycles. The molecule has 0 saturated carbocycles. The fraction of sp³-hybridized carbons (Fsp3) is 0.368. The summed E-state index contributed by atoms with van der Waals surface area (Å²) in [5.74, 6) is -0.500. The molecule has 3 rings (SSSR count). The van der Waals surface area contributed by atoms with Crippen LogP contribution in [0.4, 0.5) is 10.1 Å². The molecule has 0 bridgehead atoms. The van der Waals surface area contributed by atoms with Crippen molar-refractivity contribution in [2.75, 3.05) is 31.5 Å². The van der Waals surface area contributed by atoms with Crippen molar-refractivity contribution in [2.45, 2.75) is 19.4 Å². The van der Waals surface area contributed by atoms with Crippen molar-refractivity contribution in [3.8, 4) is 0 Å². The van der Waals surface area contributed by atoms with Crippen LogP contribution in [0.2, 0.25) is 0 Å². The van der Waals surface area contributed by atoms with E-state index < -0.39 is 0 Å². The monoisotopic (exact) mass is 375 g/mol. The highest BCUT2D eigenvalue weighted by Gasteiger charge is 2.26. The maximum atomic E-state index is 13.3. The summed E-state index contributed by atoms with van der Waals surface area (Å²) in [5.41, 5.74) is 0.450. The zero-order chi connectivity index (χ0) is 18.5. The average molecular weight is 375 g/mol. The Morgan fingerprint density at radius 1 is 1.15 bits per heavy atom. The van der Waals surface area contributed by atoms with Crippen molar-refractivity contribution in [2.24, 2.45) is 0 Å². The lowest BCUT2D eigenvalue weighted by Crippen LogP contribution is -2.44. The first kappa shape index (κ1) is 18.5. The summed E-state index contributed by atoms with van der Waals surface area (Å²) < 4.78 is 13.3. The highest BCUT2D eigenvalue weighted by Crippen LogP contribution is 2.16. The molecule has 1 aromatic heterocycles. The highest BCUT2D eigenvalue weighted by molar-refractivity contribution is 7.12. The molecule has 1 unspecified atom stereocenters. The van der Waals surface area contributed by atoms with Gasteiger partial charge >= 0.3 is 0 Å². The number of nitrogens with one attached hydrogen (secondary N) is 1. The molecule has 5 nitrogen and oxygen atoms in total. The van der Waals surface area contributed by atoms with E-state index in [1.807, 2.05) is 29.3 Å². The van der Waals surface area contributed by atoms with Crippen LogP contribution in [0.15, 0.2) is 41.8 Å². The fourth-order valence-electron chi connectivity index (χ4n) is 3.06. The minimum absolute atomic E-state index is 0.0544. The van der Waals surface area contributed by atoms with Crippen molar-refractivity contribution < 1.29 is 14.0 Å². The Morgan fingerprint density at radius 2 is 2.00 bits per heavy atom. The second-order valence-electron chi connectivity index (χ2n) is 6.33. The van der Waals surface area contributed by atoms with Gasteiger partial charge in [0.05, 0.1) is 10.9 Å². The van der Waals surface area contributed by atoms with Gasteiger partial charge in [-0.25, -0.2) is 4.39 Å². The van der Waals surface area contributed by atoms with Crippen LogP contribution in [0.1, 0.15) is 23.0 Å². The van der Waals surface area contributed by atoms with Gasteiger partial charge < -0.3 is 10.2 Å². The molecule has 1 saturated heterocycles. The number of carbonyl (C=O) groups is 2. The molecule has 26 heavy (non-hydrogen) atoms. The lowest BCUT2D eigenvalue weighted by Gasteiger charge is -2.27. The number of hydrogen-bond acceptors (Lipinski definition) is 4. The van der Waals surface area contributed by atoms with E-state index in [0.717, 1.165) is 17.8 Å². The predicted octanol–water partition coefficient (Wildman–Crippen LogP) is 3.06. The number of anilines is 1. The number of thiophene rings is 1. The molecule has 1 N–H and O–H groups in total. The van der Waals surface area contributed by atoms with Gasteiger partial charge in [-0.1, -0.05) is 12.1 Å². The van der Waals surface area contributed by atoms with Gasteiger partial charge in [0.2, 0.25) is 5.91 Å². The first-order valence-electron chi connectivity index (χ1n) is 8.68. The summed E-state index contributed by atoms with van der Waals surface area (Å²) in [6, 6.07) is 9.23. The molecular weight excluding hydrogens is 353 g/mol. The van der Waals surface area contributed by atoms with Crippen LogP contribution in [0.5, 0.6) is 0 Å². The average Bonchev–Trinajstić information content (AvgIpc) is 3.05. The summed E-state index contributed by atoms with van der Waals surface area (Å²) in [6.07, 6.45) is 0.814. The Kier molecular flexibility index (Phi) is 6.00. The summed E-state index contributed by atoms with van der Waals surface area (Å²) in [5, 5.41) is 4.66. The number of carbonyl (C=O) groups excluding carboxylic acids is 2. The van der Waals surface area contributed by atoms with Gasteiger partial charge in [0.15, 0.2) is 0 Å². The van der Waals surface area contributed by atoms with Crippen molar-refractivity contribution in [3.63, 3.8) is 0 Å². The van der Waals surface area contributed by atoms with E-state index in [9.17, 15) is 14.0 Å². The van der Waals surface area contributed by atoms with Gasteiger partial charge in [0, 0.05) is 31.9 Å². The van der Waals surface area contributed by atoms with Crippen LogP contribution < -0.4 is 5.32 Å². The summed E-state index contributed by atoms with van der Waals surface area (Å²) in [4.78, 5) is 29.6. The summed E-state index contributed by atoms with van der Waals surface area (Å²) in [6.45, 7) is 4.49. The molecule has 138 valence electrons. The zero-order valence-corrected chi connectivity index (χ0v) is 15.5. The molecule has 1 aliphatic rings. The lowest BCUT2D eigenvalue weighted by atomic mass is 10.2. The molecule has 0 radical (unpaired) electrons. The molecule has 1 atom stereocenters. The Labute approximate surface area is 156 Å². The van der Waals surface area contributed by atoms with Gasteiger partial charge in [-0.15, -0.1) is 11.3 Å². The van der Waals surface area contributed by atoms with Crippen LogP contribution in [0.3, 0.4) is 0 Å². The molecule has 2 amide bonds. The fourth-order valence-corrected chi connectivity index (χ4v) is 3.75. The first-order chi connectivity index (χ1) is 12.5. The molecule has 2 aromatic rings. The predicted molar refractivity (Wildman–Crippen MR) is 101 cm³/mol. The number of halogens is 1. The Morgan fingerprint density at radius 3 is 2.73 bits per heavy atom. The second kappa shape index (κ2) is 8.42. The van der Waals surface area contributed by atoms with E-state index in [-0.39, 0.29) is 23.7 Å². The molecule has 0 spiro atoms. The largest absolute Gasteiger partial charge is 0.337 e. The standard InChI is InChI=1S/C19H22FN3O2S/c1-14(18(24)21-16-6-2-5-15(20)13-16)22-8-4-9-23(11-10-22)19(25)17-7-3-12-26-17/h2-3,5-7,12-14H,4,8-11H2,1H3,(H,21,24). The van der Waals surface area contributed by atoms with Crippen LogP contribution in [-0.4, -0.2) is 53.8 Å². The van der Waals surface area contributed by atoms with Crippen LogP contribution >= 0.6 is 11.3 Å². The van der Waals surface area contributed by atoms with Gasteiger partial charge in [-0.3, -0.25) is 14.5 Å². The molecule has 2 heterocycles. The van der Waals surface area contributed by atoms with Crippen LogP contribution in [0, 0.1) is 5.82 Å². The second-order valence-corrected chi connectivity index (χ2v) is 7.28. The van der Waals surface area contributed by atoms with Crippen molar-refractivity contribution in [3.05, 3.63) is 52.5 Å². The van der Waals surface area contributed by atoms with Crippen LogP contribution in [0.25, 0.3) is 0 Å². The first-order valence-corrected chi connectivity index (χ1v) is 9.56. The summed E-state index contributed by atoms with van der Waals surface area (Å²) in [7, 11) is 0. The molecule has 1 aromatic carbocycles. The quantitative estimate of drug-likeness (QED) is 0.894. The van der Waals surface area contributed by atoms with Gasteiger partial charge in [0.1, 0.15) is 5.82 Å². The Hall–Kier alpha value is -2.25. The Bertz CT molecular complexity index is 766. The van der Waals surface area contributed by atoms with E-state index in [2.05, 4.69) is 10.2 Å². The zero-order valence-electron chi connectivity index (χ0n) is 14.7. The maximum Gasteiger partial charge on any atom is 0.263 e. The Balaban J connectivity index is 1.57. The van der Waals surface area contributed by atoms with Gasteiger partial charge in [0.25, 0.3) is 5.91 Å². The third kappa shape index (κ3) is 4.47. The normalized spacial score (nSPS) is 16.8. The van der Waals surface area contributed by atoms with E-state index in [0.29, 0.717) is 25.3 Å². The lowest BCUT2D eigenvalue weighted by molar-refractivity contribution is -0.120. The molecule has 7 heteroatoms. The number of benzene rings is 1. The molecular formula is C19H22FN3O2S. The minimum atomic E-state index is -0.382. The van der Waals surface area contributed by atoms with Crippen molar-refractivity contribution >= 4 is 28.8 Å². The van der Waals surface area contributed by atoms with E-state index in [4.69, 9.17) is 0 Å². The smallest absolute Gasteiger partial charge is 0.263 e. The van der Waals surface area contributed by atoms with E-state index in [1.54, 1.807) is 12.1 Å². The number of hydrogen-bond donors (Lipinski definition) is 1. The summed E-state index contributed by atoms with van der Waals surface area (Å²) >= 11 is 1.45. The molecule has 1 fully saturated rings. The number of rotatable bonds is 4. The minimum Gasteiger partial charge on any atom is -0.337 e. The van der Waals surface area contributed by atoms with Gasteiger partial charge in [-0.2, -0.15) is 0 Å². The topological polar surface area (TPSA) is 52.7 Å².